The maximum Gasteiger partial charge on any atom is 4.00 e. The third kappa shape index (κ3) is 132. The molecule has 0 aromatic rings. The van der Waals surface area contributed by atoms with Gasteiger partial charge in [-0.25, -0.2) is 0 Å². The Morgan fingerprint density at radius 1 is 1.45 bits per heavy atom. The van der Waals surface area contributed by atoms with E-state index >= 15 is 0 Å². The molecule has 0 aliphatic rings. The summed E-state index contributed by atoms with van der Waals surface area (Å²) in [4.78, 5) is 9.36. The number of amides is 1. The molecule has 0 aliphatic carbocycles. The molecule has 0 aliphatic heterocycles. The second kappa shape index (κ2) is 8.43. The smallest absolute Gasteiger partial charge is 4.00 e. The number of hydrogen-bond acceptors (Lipinski definition) is 5. The first-order valence-corrected chi connectivity index (χ1v) is 4.95. The minimum Gasteiger partial charge on any atom is 4.00 e. The summed E-state index contributed by atoms with van der Waals surface area (Å²) in [7, 11) is 0. The third-order valence-electron chi connectivity index (χ3n) is 0.185. The zero-order chi connectivity index (χ0) is 8.78. The fourth-order valence-electron chi connectivity index (χ4n) is 0. The Hall–Kier alpha value is 0.332. The van der Waals surface area contributed by atoms with Crippen molar-refractivity contribution in [3.8, 4) is 0 Å². The molecular formula is C3H4AsNO5Zr. The molecule has 0 saturated heterocycles. The van der Waals surface area contributed by atoms with Crippen LogP contribution < -0.4 is 12.3 Å². The van der Waals surface area contributed by atoms with Crippen LogP contribution in [-0.2, 0) is 34.7 Å². The van der Waals surface area contributed by atoms with Gasteiger partial charge in [-0.1, -0.05) is 6.58 Å². The summed E-state index contributed by atoms with van der Waals surface area (Å²) >= 11 is -5.88. The molecule has 0 bridgehead atoms. The van der Waals surface area contributed by atoms with Gasteiger partial charge in [-0.2, -0.15) is 0 Å². The number of carbonyl (C=O) groups excluding carboxylic acids is 1. The van der Waals surface area contributed by atoms with Crippen molar-refractivity contribution in [1.82, 2.24) is 0 Å². The summed E-state index contributed by atoms with van der Waals surface area (Å²) in [5.74, 6) is -0.731. The number of nitrogens with one attached hydrogen (secondary N) is 1. The predicted octanol–water partition coefficient (Wildman–Crippen LogP) is -3.32. The van der Waals surface area contributed by atoms with E-state index in [0.717, 1.165) is 6.08 Å². The van der Waals surface area contributed by atoms with Gasteiger partial charge in [-0.15, -0.1) is 0 Å². The Labute approximate surface area is 85.6 Å². The van der Waals surface area contributed by atoms with Crippen molar-refractivity contribution in [3.63, 3.8) is 0 Å². The minimum absolute atomic E-state index is 0. The molecule has 0 aromatic heterocycles. The molecule has 0 atom stereocenters. The van der Waals surface area contributed by atoms with Gasteiger partial charge >= 0.3 is 56.7 Å². The maximum atomic E-state index is 9.36. The number of hydrogen-bond donors (Lipinski definition) is 0. The van der Waals surface area contributed by atoms with Gasteiger partial charge in [0.05, 0.1) is 5.91 Å². The number of carbonyl (C=O) groups is 1. The van der Waals surface area contributed by atoms with Crippen molar-refractivity contribution in [2.75, 3.05) is 0 Å². The van der Waals surface area contributed by atoms with Crippen molar-refractivity contribution in [3.05, 3.63) is 18.4 Å². The first-order valence-electron chi connectivity index (χ1n) is 1.88. The van der Waals surface area contributed by atoms with Crippen LogP contribution in [0.25, 0.3) is 5.73 Å². The predicted molar refractivity (Wildman–Crippen MR) is 26.0 cm³/mol. The van der Waals surface area contributed by atoms with Crippen LogP contribution in [0, 0.1) is 0 Å². The molecule has 0 spiro atoms. The van der Waals surface area contributed by atoms with E-state index in [1.165, 1.54) is 0 Å². The fourth-order valence-corrected chi connectivity index (χ4v) is 0. The van der Waals surface area contributed by atoms with E-state index in [1.54, 1.807) is 0 Å². The van der Waals surface area contributed by atoms with E-state index in [0.29, 0.717) is 0 Å². The van der Waals surface area contributed by atoms with E-state index in [9.17, 15) is 4.79 Å². The monoisotopic (exact) mass is 299 g/mol. The van der Waals surface area contributed by atoms with Gasteiger partial charge in [-0.3, -0.25) is 0 Å². The van der Waals surface area contributed by atoms with Gasteiger partial charge in [0.25, 0.3) is 0 Å². The SMILES string of the molecule is C=CC([NH-])=O.O=[As]([O-])([O-])[O-].[Zr+4]. The standard InChI is InChI=1S/C3H5NO.AsH3O4.Zr/c1-2-3(4)5;2-1(3,4)5;/h2H,1H2,(H2,4,5);(H3,2,3,4,5);/q;;+4/p-4. The molecule has 1 amide bonds. The topological polar surface area (TPSA) is 127 Å². The molecule has 1 N–H and O–H groups in total. The van der Waals surface area contributed by atoms with Crippen molar-refractivity contribution in [1.29, 1.82) is 0 Å². The molecule has 0 radical (unpaired) electrons. The quantitative estimate of drug-likeness (QED) is 0.370. The first kappa shape index (κ1) is 17.4. The largest absolute Gasteiger partial charge is 4.00 e. The first-order chi connectivity index (χ1) is 4.27. The average Bonchev–Trinajstić information content (AvgIpc) is 1.61. The van der Waals surface area contributed by atoms with Gasteiger partial charge in [0.15, 0.2) is 0 Å². The second-order valence-electron chi connectivity index (χ2n) is 1.02. The fraction of sp³-hybridized carbons (Fsp3) is 0. The molecular weight excluding hydrogens is 296 g/mol. The maximum absolute atomic E-state index is 9.36. The Morgan fingerprint density at radius 2 is 1.55 bits per heavy atom. The zero-order valence-electron chi connectivity index (χ0n) is 5.27. The van der Waals surface area contributed by atoms with Crippen LogP contribution in [0.5, 0.6) is 0 Å². The van der Waals surface area contributed by atoms with Gasteiger partial charge < -0.3 is 10.5 Å². The van der Waals surface area contributed by atoms with Crippen LogP contribution in [-0.4, -0.2) is 20.4 Å². The molecule has 0 fully saturated rings. The van der Waals surface area contributed by atoms with Crippen molar-refractivity contribution in [2.45, 2.75) is 0 Å². The molecule has 0 aromatic carbocycles. The van der Waals surface area contributed by atoms with Gasteiger partial charge in [0, 0.05) is 0 Å². The Balaban J connectivity index is -0.000000107. The molecule has 60 valence electrons. The van der Waals surface area contributed by atoms with E-state index in [2.05, 4.69) is 6.58 Å². The molecule has 0 rings (SSSR count). The molecule has 0 saturated carbocycles. The van der Waals surface area contributed by atoms with Crippen molar-refractivity contribution < 1.29 is 47.0 Å². The van der Waals surface area contributed by atoms with Crippen molar-refractivity contribution >= 4 is 20.4 Å². The molecule has 0 unspecified atom stereocenters. The molecule has 0 heterocycles. The summed E-state index contributed by atoms with van der Waals surface area (Å²) < 4.78 is 34.4. The van der Waals surface area contributed by atoms with Gasteiger partial charge in [0.2, 0.25) is 0 Å². The Morgan fingerprint density at radius 3 is 1.55 bits per heavy atom. The molecule has 6 nitrogen and oxygen atoms in total. The van der Waals surface area contributed by atoms with Crippen LogP contribution in [0.15, 0.2) is 12.7 Å². The summed E-state index contributed by atoms with van der Waals surface area (Å²) in [6.45, 7) is 3.02. The number of rotatable bonds is 1. The van der Waals surface area contributed by atoms with E-state index < -0.39 is 20.4 Å². The summed E-state index contributed by atoms with van der Waals surface area (Å²) in [5.41, 5.74) is 6.07. The normalized spacial score (nSPS) is 8.27. The van der Waals surface area contributed by atoms with E-state index in [-0.39, 0.29) is 26.2 Å². The Bertz CT molecular complexity index is 157. The molecule has 11 heavy (non-hydrogen) atoms. The van der Waals surface area contributed by atoms with Crippen LogP contribution in [0.4, 0.5) is 0 Å². The zero-order valence-corrected chi connectivity index (χ0v) is 9.61. The third-order valence-corrected chi connectivity index (χ3v) is 0.185. The van der Waals surface area contributed by atoms with Crippen LogP contribution in [0.3, 0.4) is 0 Å². The summed E-state index contributed by atoms with van der Waals surface area (Å²) in [6, 6.07) is 0. The summed E-state index contributed by atoms with van der Waals surface area (Å²) in [5, 5.41) is 0. The van der Waals surface area contributed by atoms with Crippen LogP contribution in [0.1, 0.15) is 0 Å². The van der Waals surface area contributed by atoms with Crippen LogP contribution >= 0.6 is 0 Å². The van der Waals surface area contributed by atoms with Crippen LogP contribution in [0.2, 0.25) is 0 Å². The van der Waals surface area contributed by atoms with E-state index in [4.69, 9.17) is 21.8 Å². The van der Waals surface area contributed by atoms with Crippen molar-refractivity contribution in [2.24, 2.45) is 0 Å². The second-order valence-corrected chi connectivity index (χ2v) is 2.89. The van der Waals surface area contributed by atoms with E-state index in [1.807, 2.05) is 0 Å². The average molecular weight is 300 g/mol. The molecule has 8 heteroatoms. The van der Waals surface area contributed by atoms with Gasteiger partial charge in [-0.05, 0) is 6.08 Å². The van der Waals surface area contributed by atoms with Gasteiger partial charge in [0.1, 0.15) is 0 Å². The summed E-state index contributed by atoms with van der Waals surface area (Å²) in [6.07, 6.45) is 0.944. The Kier molecular flexibility index (Phi) is 13.4. The minimum atomic E-state index is -5.88.